The number of hydrogen-bond donors (Lipinski definition) is 3. The molecule has 2 aromatic rings. The molecule has 1 aromatic carbocycles. The Kier molecular flexibility index (Phi) is 8.24. The SMILES string of the molecule is CN(C)C(=O)CNC(=O)C(c1cccnc1)N(C(=O)C1CC(O)CN1)c1ccc(C(C)(C)C)cc1. The number of carbonyl (C=O) groups is 3. The number of hydrogen-bond acceptors (Lipinski definition) is 6. The number of nitrogens with zero attached hydrogens (tertiary/aromatic N) is 3. The minimum atomic E-state index is -1.06. The predicted molar refractivity (Wildman–Crippen MR) is 134 cm³/mol. The van der Waals surface area contributed by atoms with Gasteiger partial charge < -0.3 is 20.6 Å². The molecule has 0 radical (unpaired) electrons. The number of benzene rings is 1. The minimum absolute atomic E-state index is 0.0862. The molecule has 35 heavy (non-hydrogen) atoms. The van der Waals surface area contributed by atoms with Crippen molar-refractivity contribution in [2.45, 2.75) is 50.8 Å². The summed E-state index contributed by atoms with van der Waals surface area (Å²) in [5, 5.41) is 15.8. The number of carbonyl (C=O) groups excluding carboxylic acids is 3. The van der Waals surface area contributed by atoms with Crippen molar-refractivity contribution in [3.8, 4) is 0 Å². The summed E-state index contributed by atoms with van der Waals surface area (Å²) in [5.41, 5.74) is 2.04. The van der Waals surface area contributed by atoms with E-state index >= 15 is 0 Å². The monoisotopic (exact) mass is 481 g/mol. The Bertz CT molecular complexity index is 1030. The second kappa shape index (κ2) is 11.0. The van der Waals surface area contributed by atoms with Crippen molar-refractivity contribution in [1.82, 2.24) is 20.5 Å². The molecule has 1 aliphatic heterocycles. The van der Waals surface area contributed by atoms with Gasteiger partial charge >= 0.3 is 0 Å². The number of nitrogens with one attached hydrogen (secondary N) is 2. The van der Waals surface area contributed by atoms with Crippen molar-refractivity contribution >= 4 is 23.4 Å². The molecule has 0 spiro atoms. The average molecular weight is 482 g/mol. The third-order valence-corrected chi connectivity index (χ3v) is 6.07. The third kappa shape index (κ3) is 6.43. The summed E-state index contributed by atoms with van der Waals surface area (Å²) in [6, 6.07) is 9.25. The van der Waals surface area contributed by atoms with Crippen LogP contribution in [-0.2, 0) is 19.8 Å². The first-order valence-corrected chi connectivity index (χ1v) is 11.7. The van der Waals surface area contributed by atoms with Gasteiger partial charge in [0, 0.05) is 44.3 Å². The average Bonchev–Trinajstić information content (AvgIpc) is 3.26. The van der Waals surface area contributed by atoms with Crippen LogP contribution >= 0.6 is 0 Å². The van der Waals surface area contributed by atoms with Crippen LogP contribution < -0.4 is 15.5 Å². The van der Waals surface area contributed by atoms with E-state index in [1.54, 1.807) is 38.6 Å². The fourth-order valence-corrected chi connectivity index (χ4v) is 3.97. The first kappa shape index (κ1) is 26.3. The summed E-state index contributed by atoms with van der Waals surface area (Å²) in [4.78, 5) is 46.5. The second-order valence-electron chi connectivity index (χ2n) is 10.1. The normalized spacial score (nSPS) is 18.6. The molecule has 0 saturated carbocycles. The Balaban J connectivity index is 2.05. The van der Waals surface area contributed by atoms with Crippen molar-refractivity contribution < 1.29 is 19.5 Å². The molecule has 9 nitrogen and oxygen atoms in total. The summed E-state index contributed by atoms with van der Waals surface area (Å²) in [6.45, 7) is 6.40. The number of aliphatic hydroxyl groups is 1. The number of amides is 3. The fraction of sp³-hybridized carbons (Fsp3) is 0.462. The van der Waals surface area contributed by atoms with E-state index in [1.165, 1.54) is 9.80 Å². The van der Waals surface area contributed by atoms with Gasteiger partial charge in [-0.15, -0.1) is 0 Å². The predicted octanol–water partition coefficient (Wildman–Crippen LogP) is 1.38. The van der Waals surface area contributed by atoms with Gasteiger partial charge in [0.2, 0.25) is 17.7 Å². The van der Waals surface area contributed by atoms with E-state index in [0.717, 1.165) is 5.56 Å². The van der Waals surface area contributed by atoms with Gasteiger partial charge in [-0.05, 0) is 35.6 Å². The van der Waals surface area contributed by atoms with E-state index in [9.17, 15) is 19.5 Å². The smallest absolute Gasteiger partial charge is 0.248 e. The summed E-state index contributed by atoms with van der Waals surface area (Å²) < 4.78 is 0. The van der Waals surface area contributed by atoms with Crippen LogP contribution in [0.3, 0.4) is 0 Å². The zero-order valence-electron chi connectivity index (χ0n) is 21.0. The maximum Gasteiger partial charge on any atom is 0.248 e. The lowest BCUT2D eigenvalue weighted by Crippen LogP contribution is -2.51. The van der Waals surface area contributed by atoms with Crippen LogP contribution in [0.15, 0.2) is 48.8 Å². The molecule has 3 atom stereocenters. The molecule has 188 valence electrons. The van der Waals surface area contributed by atoms with Crippen molar-refractivity contribution in [3.05, 3.63) is 59.9 Å². The maximum absolute atomic E-state index is 13.8. The van der Waals surface area contributed by atoms with E-state index < -0.39 is 24.1 Å². The number of aliphatic hydroxyl groups excluding tert-OH is 1. The summed E-state index contributed by atoms with van der Waals surface area (Å²) in [6.07, 6.45) is 2.74. The lowest BCUT2D eigenvalue weighted by molar-refractivity contribution is -0.132. The molecule has 0 bridgehead atoms. The summed E-state index contributed by atoms with van der Waals surface area (Å²) in [7, 11) is 3.22. The number of likely N-dealkylation sites (N-methyl/N-ethyl adjacent to an activating group) is 1. The molecule has 1 aromatic heterocycles. The Labute approximate surface area is 206 Å². The first-order chi connectivity index (χ1) is 16.5. The van der Waals surface area contributed by atoms with Gasteiger partial charge in [-0.3, -0.25) is 24.3 Å². The van der Waals surface area contributed by atoms with Crippen LogP contribution in [0, 0.1) is 0 Å². The van der Waals surface area contributed by atoms with E-state index in [-0.39, 0.29) is 30.2 Å². The van der Waals surface area contributed by atoms with Crippen molar-refractivity contribution in [3.63, 3.8) is 0 Å². The van der Waals surface area contributed by atoms with Crippen LogP contribution in [0.5, 0.6) is 0 Å². The van der Waals surface area contributed by atoms with Gasteiger partial charge in [0.15, 0.2) is 0 Å². The number of β-amino-alcohol motifs (C(OH)–C–C–N with tert-alkyl or cyclic N) is 1. The third-order valence-electron chi connectivity index (χ3n) is 6.07. The molecule has 1 fully saturated rings. The molecule has 1 aliphatic rings. The van der Waals surface area contributed by atoms with E-state index in [2.05, 4.69) is 36.4 Å². The topological polar surface area (TPSA) is 115 Å². The van der Waals surface area contributed by atoms with Crippen molar-refractivity contribution in [1.29, 1.82) is 0 Å². The lowest BCUT2D eigenvalue weighted by Gasteiger charge is -2.33. The van der Waals surface area contributed by atoms with Crippen LogP contribution in [0.1, 0.15) is 44.4 Å². The van der Waals surface area contributed by atoms with Crippen LogP contribution in [0.2, 0.25) is 0 Å². The molecular formula is C26H35N5O4. The Hall–Kier alpha value is -3.30. The molecule has 0 aliphatic carbocycles. The van der Waals surface area contributed by atoms with Crippen molar-refractivity contribution in [2.75, 3.05) is 32.1 Å². The Morgan fingerprint density at radius 3 is 2.37 bits per heavy atom. The van der Waals surface area contributed by atoms with Gasteiger partial charge in [0.1, 0.15) is 6.04 Å². The zero-order valence-corrected chi connectivity index (χ0v) is 21.0. The minimum Gasteiger partial charge on any atom is -0.392 e. The molecule has 3 N–H and O–H groups in total. The standard InChI is InChI=1S/C26H35N5O4/c1-26(2,3)18-8-10-19(11-9-18)31(25(35)21-13-20(32)15-28-21)23(17-7-6-12-27-14-17)24(34)29-16-22(33)30(4)5/h6-12,14,20-21,23,28,32H,13,15-16H2,1-5H3,(H,29,34). The molecular weight excluding hydrogens is 446 g/mol. The number of anilines is 1. The number of pyridine rings is 1. The van der Waals surface area contributed by atoms with Gasteiger partial charge in [-0.25, -0.2) is 0 Å². The lowest BCUT2D eigenvalue weighted by atomic mass is 9.87. The highest BCUT2D eigenvalue weighted by atomic mass is 16.3. The number of aromatic nitrogens is 1. The highest BCUT2D eigenvalue weighted by Crippen LogP contribution is 2.32. The van der Waals surface area contributed by atoms with E-state index in [0.29, 0.717) is 17.8 Å². The van der Waals surface area contributed by atoms with Gasteiger partial charge in [-0.2, -0.15) is 0 Å². The highest BCUT2D eigenvalue weighted by molar-refractivity contribution is 6.04. The summed E-state index contributed by atoms with van der Waals surface area (Å²) >= 11 is 0. The molecule has 2 heterocycles. The number of rotatable bonds is 7. The van der Waals surface area contributed by atoms with Crippen molar-refractivity contribution in [2.24, 2.45) is 0 Å². The molecule has 1 saturated heterocycles. The van der Waals surface area contributed by atoms with Crippen LogP contribution in [0.25, 0.3) is 0 Å². The largest absolute Gasteiger partial charge is 0.392 e. The highest BCUT2D eigenvalue weighted by Gasteiger charge is 2.39. The van der Waals surface area contributed by atoms with Gasteiger partial charge in [-0.1, -0.05) is 39.0 Å². The van der Waals surface area contributed by atoms with E-state index in [4.69, 9.17) is 0 Å². The van der Waals surface area contributed by atoms with Gasteiger partial charge in [0.25, 0.3) is 0 Å². The first-order valence-electron chi connectivity index (χ1n) is 11.7. The Morgan fingerprint density at radius 2 is 1.86 bits per heavy atom. The fourth-order valence-electron chi connectivity index (χ4n) is 3.97. The Morgan fingerprint density at radius 1 is 1.17 bits per heavy atom. The molecule has 3 amide bonds. The zero-order chi connectivity index (χ0) is 25.8. The van der Waals surface area contributed by atoms with Crippen LogP contribution in [0.4, 0.5) is 5.69 Å². The molecule has 3 unspecified atom stereocenters. The second-order valence-corrected chi connectivity index (χ2v) is 10.1. The van der Waals surface area contributed by atoms with Gasteiger partial charge in [0.05, 0.1) is 18.7 Å². The summed E-state index contributed by atoms with van der Waals surface area (Å²) in [5.74, 6) is -1.11. The van der Waals surface area contributed by atoms with Crippen LogP contribution in [-0.4, -0.2) is 72.0 Å². The van der Waals surface area contributed by atoms with E-state index in [1.807, 2.05) is 24.3 Å². The maximum atomic E-state index is 13.8. The molecule has 9 heteroatoms. The quantitative estimate of drug-likeness (QED) is 0.551. The molecule has 3 rings (SSSR count).